The molecule has 6 nitrogen and oxygen atoms in total. The molecule has 1 aromatic carbocycles. The van der Waals surface area contributed by atoms with Gasteiger partial charge in [0, 0.05) is 12.7 Å². The van der Waals surface area contributed by atoms with E-state index in [-0.39, 0.29) is 12.0 Å². The number of amides is 1. The standard InChI is InChI=1S/C16H19N3O3/c1-10-15(11(2)19(3)18-10)16(20)17-8-12-9-21-13-6-4-5-7-14(13)22-12/h4-7,12H,8-9H2,1-3H3,(H,17,20). The van der Waals surface area contributed by atoms with Gasteiger partial charge in [-0.25, -0.2) is 0 Å². The number of nitrogens with one attached hydrogen (secondary N) is 1. The highest BCUT2D eigenvalue weighted by Gasteiger charge is 2.23. The minimum absolute atomic E-state index is 0.134. The normalized spacial score (nSPS) is 16.4. The molecule has 1 unspecified atom stereocenters. The average Bonchev–Trinajstić information content (AvgIpc) is 2.77. The molecule has 1 aliphatic rings. The highest BCUT2D eigenvalue weighted by atomic mass is 16.6. The second kappa shape index (κ2) is 5.71. The molecular weight excluding hydrogens is 282 g/mol. The number of nitrogens with zero attached hydrogens (tertiary/aromatic N) is 2. The number of carbonyl (C=O) groups is 1. The van der Waals surface area contributed by atoms with Crippen LogP contribution in [0, 0.1) is 13.8 Å². The SMILES string of the molecule is Cc1nn(C)c(C)c1C(=O)NCC1COc2ccccc2O1. The first kappa shape index (κ1) is 14.4. The van der Waals surface area contributed by atoms with Crippen LogP contribution in [0.3, 0.4) is 0 Å². The largest absolute Gasteiger partial charge is 0.486 e. The van der Waals surface area contributed by atoms with Crippen LogP contribution in [0.15, 0.2) is 24.3 Å². The van der Waals surface area contributed by atoms with E-state index in [1.807, 2.05) is 45.2 Å². The summed E-state index contributed by atoms with van der Waals surface area (Å²) in [4.78, 5) is 12.3. The van der Waals surface area contributed by atoms with Crippen molar-refractivity contribution in [3.8, 4) is 11.5 Å². The van der Waals surface area contributed by atoms with Crippen molar-refractivity contribution in [3.05, 3.63) is 41.2 Å². The number of fused-ring (bicyclic) bond motifs is 1. The van der Waals surface area contributed by atoms with Gasteiger partial charge in [0.15, 0.2) is 11.5 Å². The van der Waals surface area contributed by atoms with E-state index in [4.69, 9.17) is 9.47 Å². The summed E-state index contributed by atoms with van der Waals surface area (Å²) in [5, 5.41) is 7.15. The lowest BCUT2D eigenvalue weighted by Gasteiger charge is -2.26. The minimum Gasteiger partial charge on any atom is -0.486 e. The molecule has 22 heavy (non-hydrogen) atoms. The first-order valence-electron chi connectivity index (χ1n) is 7.23. The molecule has 0 aliphatic carbocycles. The Bertz CT molecular complexity index is 709. The van der Waals surface area contributed by atoms with E-state index in [0.717, 1.165) is 17.1 Å². The van der Waals surface area contributed by atoms with Gasteiger partial charge in [0.05, 0.1) is 17.8 Å². The fourth-order valence-electron chi connectivity index (χ4n) is 2.56. The zero-order valence-electron chi connectivity index (χ0n) is 12.9. The number of aryl methyl sites for hydroxylation is 2. The molecule has 2 aromatic rings. The van der Waals surface area contributed by atoms with Crippen molar-refractivity contribution in [3.63, 3.8) is 0 Å². The number of ether oxygens (including phenoxy) is 2. The summed E-state index contributed by atoms with van der Waals surface area (Å²) in [5.41, 5.74) is 2.20. The van der Waals surface area contributed by atoms with E-state index in [1.54, 1.807) is 4.68 Å². The molecule has 0 bridgehead atoms. The van der Waals surface area contributed by atoms with Crippen LogP contribution in [0.5, 0.6) is 11.5 Å². The van der Waals surface area contributed by atoms with Crippen molar-refractivity contribution in [2.75, 3.05) is 13.2 Å². The average molecular weight is 301 g/mol. The van der Waals surface area contributed by atoms with E-state index in [0.29, 0.717) is 24.5 Å². The van der Waals surface area contributed by atoms with Gasteiger partial charge in [0.25, 0.3) is 5.91 Å². The van der Waals surface area contributed by atoms with E-state index < -0.39 is 0 Å². The van der Waals surface area contributed by atoms with Crippen molar-refractivity contribution in [1.29, 1.82) is 0 Å². The summed E-state index contributed by atoms with van der Waals surface area (Å²) in [6, 6.07) is 7.52. The number of carbonyl (C=O) groups excluding carboxylic acids is 1. The summed E-state index contributed by atoms with van der Waals surface area (Å²) >= 11 is 0. The Morgan fingerprint density at radius 3 is 2.77 bits per heavy atom. The molecular formula is C16H19N3O3. The summed E-state index contributed by atoms with van der Waals surface area (Å²) in [6.45, 7) is 4.52. The van der Waals surface area contributed by atoms with Crippen LogP contribution in [0.25, 0.3) is 0 Å². The van der Waals surface area contributed by atoms with Crippen molar-refractivity contribution in [1.82, 2.24) is 15.1 Å². The van der Waals surface area contributed by atoms with E-state index in [1.165, 1.54) is 0 Å². The van der Waals surface area contributed by atoms with Crippen LogP contribution < -0.4 is 14.8 Å². The van der Waals surface area contributed by atoms with Gasteiger partial charge in [-0.2, -0.15) is 5.10 Å². The summed E-state index contributed by atoms with van der Waals surface area (Å²) in [6.07, 6.45) is -0.198. The number of rotatable bonds is 3. The van der Waals surface area contributed by atoms with Crippen LogP contribution in [0.4, 0.5) is 0 Å². The van der Waals surface area contributed by atoms with Gasteiger partial charge in [-0.05, 0) is 26.0 Å². The van der Waals surface area contributed by atoms with Crippen LogP contribution >= 0.6 is 0 Å². The van der Waals surface area contributed by atoms with Gasteiger partial charge >= 0.3 is 0 Å². The minimum atomic E-state index is -0.198. The number of hydrogen-bond donors (Lipinski definition) is 1. The molecule has 1 aromatic heterocycles. The van der Waals surface area contributed by atoms with E-state index in [2.05, 4.69) is 10.4 Å². The van der Waals surface area contributed by atoms with Gasteiger partial charge in [0.2, 0.25) is 0 Å². The highest BCUT2D eigenvalue weighted by Crippen LogP contribution is 2.30. The Morgan fingerprint density at radius 2 is 2.09 bits per heavy atom. The Balaban J connectivity index is 1.63. The smallest absolute Gasteiger partial charge is 0.255 e. The summed E-state index contributed by atoms with van der Waals surface area (Å²) in [7, 11) is 1.83. The molecule has 0 radical (unpaired) electrons. The predicted octanol–water partition coefficient (Wildman–Crippen LogP) is 1.61. The third kappa shape index (κ3) is 2.64. The topological polar surface area (TPSA) is 65.4 Å². The molecule has 0 spiro atoms. The number of para-hydroxylation sites is 2. The fraction of sp³-hybridized carbons (Fsp3) is 0.375. The molecule has 3 rings (SSSR count). The molecule has 1 amide bonds. The lowest BCUT2D eigenvalue weighted by atomic mass is 10.2. The fourth-order valence-corrected chi connectivity index (χ4v) is 2.56. The molecule has 2 heterocycles. The van der Waals surface area contributed by atoms with E-state index >= 15 is 0 Å². The Kier molecular flexibility index (Phi) is 3.75. The predicted molar refractivity (Wildman–Crippen MR) is 81.4 cm³/mol. The molecule has 1 aliphatic heterocycles. The number of aromatic nitrogens is 2. The monoisotopic (exact) mass is 301 g/mol. The Labute approximate surface area is 129 Å². The summed E-state index contributed by atoms with van der Waals surface area (Å²) < 4.78 is 13.2. The second-order valence-corrected chi connectivity index (χ2v) is 5.38. The highest BCUT2D eigenvalue weighted by molar-refractivity contribution is 5.96. The lowest BCUT2D eigenvalue weighted by molar-refractivity contribution is 0.0788. The maximum absolute atomic E-state index is 12.3. The number of benzene rings is 1. The van der Waals surface area contributed by atoms with Gasteiger partial charge in [-0.1, -0.05) is 12.1 Å². The van der Waals surface area contributed by atoms with Crippen LogP contribution in [0.1, 0.15) is 21.7 Å². The van der Waals surface area contributed by atoms with Gasteiger partial charge < -0.3 is 14.8 Å². The van der Waals surface area contributed by atoms with Crippen LogP contribution in [-0.2, 0) is 7.05 Å². The zero-order chi connectivity index (χ0) is 15.7. The Morgan fingerprint density at radius 1 is 1.36 bits per heavy atom. The number of hydrogen-bond acceptors (Lipinski definition) is 4. The molecule has 6 heteroatoms. The van der Waals surface area contributed by atoms with Gasteiger partial charge in [0.1, 0.15) is 12.7 Å². The second-order valence-electron chi connectivity index (χ2n) is 5.38. The van der Waals surface area contributed by atoms with Crippen molar-refractivity contribution >= 4 is 5.91 Å². The first-order chi connectivity index (χ1) is 10.6. The van der Waals surface area contributed by atoms with Gasteiger partial charge in [-0.3, -0.25) is 9.48 Å². The lowest BCUT2D eigenvalue weighted by Crippen LogP contribution is -2.41. The molecule has 1 atom stereocenters. The quantitative estimate of drug-likeness (QED) is 0.935. The molecule has 116 valence electrons. The third-order valence-electron chi connectivity index (χ3n) is 3.79. The van der Waals surface area contributed by atoms with Crippen molar-refractivity contribution < 1.29 is 14.3 Å². The molecule has 0 fully saturated rings. The van der Waals surface area contributed by atoms with Gasteiger partial charge in [-0.15, -0.1) is 0 Å². The molecule has 0 saturated heterocycles. The summed E-state index contributed by atoms with van der Waals surface area (Å²) in [5.74, 6) is 1.32. The van der Waals surface area contributed by atoms with Crippen molar-refractivity contribution in [2.45, 2.75) is 20.0 Å². The maximum Gasteiger partial charge on any atom is 0.255 e. The molecule has 0 saturated carbocycles. The maximum atomic E-state index is 12.3. The van der Waals surface area contributed by atoms with E-state index in [9.17, 15) is 4.79 Å². The van der Waals surface area contributed by atoms with Crippen molar-refractivity contribution in [2.24, 2.45) is 7.05 Å². The Hall–Kier alpha value is -2.50. The molecule has 1 N–H and O–H groups in total. The zero-order valence-corrected chi connectivity index (χ0v) is 12.9. The first-order valence-corrected chi connectivity index (χ1v) is 7.23. The third-order valence-corrected chi connectivity index (χ3v) is 3.79. The van der Waals surface area contributed by atoms with Crippen LogP contribution in [0.2, 0.25) is 0 Å². The van der Waals surface area contributed by atoms with Crippen LogP contribution in [-0.4, -0.2) is 34.9 Å².